The molecule has 0 saturated carbocycles. The van der Waals surface area contributed by atoms with Gasteiger partial charge in [-0.1, -0.05) is 11.6 Å². The van der Waals surface area contributed by atoms with Crippen LogP contribution in [0.2, 0.25) is 4.34 Å². The molecule has 1 unspecified atom stereocenters. The van der Waals surface area contributed by atoms with E-state index < -0.39 is 6.09 Å². The normalized spacial score (nSPS) is 18.2. The van der Waals surface area contributed by atoms with Crippen molar-refractivity contribution in [1.82, 2.24) is 15.1 Å². The van der Waals surface area contributed by atoms with Crippen LogP contribution in [0.3, 0.4) is 0 Å². The average molecular weight is 327 g/mol. The van der Waals surface area contributed by atoms with Gasteiger partial charge in [0.25, 0.3) is 0 Å². The second-order valence-corrected chi connectivity index (χ2v) is 6.72. The minimum Gasteiger partial charge on any atom is -0.465 e. The summed E-state index contributed by atoms with van der Waals surface area (Å²) in [6, 6.07) is 5.79. The zero-order valence-corrected chi connectivity index (χ0v) is 13.0. The van der Waals surface area contributed by atoms with Crippen LogP contribution >= 0.6 is 22.9 Å². The summed E-state index contributed by atoms with van der Waals surface area (Å²) in [7, 11) is 1.94. The quantitative estimate of drug-likeness (QED) is 0.907. The maximum atomic E-state index is 11.0. The monoisotopic (exact) mass is 326 g/mol. The lowest BCUT2D eigenvalue weighted by Gasteiger charge is -2.13. The third-order valence-corrected chi connectivity index (χ3v) is 5.02. The highest BCUT2D eigenvalue weighted by Gasteiger charge is 2.29. The van der Waals surface area contributed by atoms with Crippen LogP contribution in [-0.4, -0.2) is 46.4 Å². The number of amides is 1. The Bertz CT molecular complexity index is 656. The minimum absolute atomic E-state index is 0.159. The molecule has 0 spiro atoms. The van der Waals surface area contributed by atoms with E-state index in [0.717, 1.165) is 27.3 Å². The molecule has 2 aromatic heterocycles. The average Bonchev–Trinajstić information content (AvgIpc) is 3.17. The highest BCUT2D eigenvalue weighted by atomic mass is 35.5. The molecule has 0 radical (unpaired) electrons. The van der Waals surface area contributed by atoms with Crippen LogP contribution in [0.4, 0.5) is 15.6 Å². The second kappa shape index (κ2) is 5.57. The molecule has 21 heavy (non-hydrogen) atoms. The molecule has 1 fully saturated rings. The summed E-state index contributed by atoms with van der Waals surface area (Å²) in [6.45, 7) is 1.08. The van der Waals surface area contributed by atoms with Crippen molar-refractivity contribution in [3.8, 4) is 0 Å². The van der Waals surface area contributed by atoms with Gasteiger partial charge >= 0.3 is 6.09 Å². The zero-order chi connectivity index (χ0) is 15.0. The highest BCUT2D eigenvalue weighted by Crippen LogP contribution is 2.34. The molecular formula is C13H15ClN4O2S. The Labute approximate surface area is 130 Å². The van der Waals surface area contributed by atoms with Gasteiger partial charge < -0.3 is 14.9 Å². The molecule has 8 heteroatoms. The number of aromatic nitrogens is 2. The van der Waals surface area contributed by atoms with Gasteiger partial charge in [-0.05, 0) is 18.6 Å². The van der Waals surface area contributed by atoms with E-state index >= 15 is 0 Å². The number of carbonyl (C=O) groups is 1. The van der Waals surface area contributed by atoms with Gasteiger partial charge in [0.15, 0.2) is 0 Å². The Morgan fingerprint density at radius 2 is 2.43 bits per heavy atom. The first-order chi connectivity index (χ1) is 10.0. The minimum atomic E-state index is -0.862. The van der Waals surface area contributed by atoms with E-state index in [9.17, 15) is 4.79 Å². The number of H-pyrrole nitrogens is 1. The molecule has 3 heterocycles. The lowest BCUT2D eigenvalue weighted by molar-refractivity contribution is 0.155. The van der Waals surface area contributed by atoms with Gasteiger partial charge in [-0.15, -0.1) is 11.3 Å². The summed E-state index contributed by atoms with van der Waals surface area (Å²) in [5.41, 5.74) is 0.906. The van der Waals surface area contributed by atoms with Crippen LogP contribution in [0.1, 0.15) is 18.0 Å². The lowest BCUT2D eigenvalue weighted by atomic mass is 10.1. The Morgan fingerprint density at radius 1 is 1.62 bits per heavy atom. The fourth-order valence-corrected chi connectivity index (χ4v) is 3.49. The summed E-state index contributed by atoms with van der Waals surface area (Å²) < 4.78 is 0.740. The molecule has 1 aliphatic rings. The summed E-state index contributed by atoms with van der Waals surface area (Å²) in [5, 5.41) is 17.4. The summed E-state index contributed by atoms with van der Waals surface area (Å²) in [5.74, 6) is 1.03. The molecule has 2 N–H and O–H groups in total. The van der Waals surface area contributed by atoms with Crippen molar-refractivity contribution in [3.05, 3.63) is 28.2 Å². The maximum Gasteiger partial charge on any atom is 0.407 e. The number of hydrogen-bond acceptors (Lipinski definition) is 4. The molecule has 3 rings (SSSR count). The van der Waals surface area contributed by atoms with Crippen molar-refractivity contribution >= 4 is 39.8 Å². The van der Waals surface area contributed by atoms with Gasteiger partial charge in [0.2, 0.25) is 0 Å². The maximum absolute atomic E-state index is 11.0. The number of anilines is 2. The number of hydrogen-bond donors (Lipinski definition) is 2. The molecule has 1 saturated heterocycles. The SMILES string of the molecule is CN(c1cc(C2CCN(C(=O)O)C2)n[nH]1)c1ccc(Cl)s1. The van der Waals surface area contributed by atoms with Crippen molar-refractivity contribution in [2.24, 2.45) is 0 Å². The van der Waals surface area contributed by atoms with Gasteiger partial charge in [0.1, 0.15) is 5.82 Å². The Morgan fingerprint density at radius 3 is 3.05 bits per heavy atom. The largest absolute Gasteiger partial charge is 0.465 e. The smallest absolute Gasteiger partial charge is 0.407 e. The molecule has 6 nitrogen and oxygen atoms in total. The third kappa shape index (κ3) is 2.84. The van der Waals surface area contributed by atoms with Gasteiger partial charge in [-0.2, -0.15) is 5.10 Å². The van der Waals surface area contributed by atoms with Gasteiger partial charge in [0, 0.05) is 32.1 Å². The van der Waals surface area contributed by atoms with Crippen molar-refractivity contribution in [2.75, 3.05) is 25.0 Å². The summed E-state index contributed by atoms with van der Waals surface area (Å²) in [4.78, 5) is 14.4. The van der Waals surface area contributed by atoms with E-state index in [2.05, 4.69) is 10.2 Å². The van der Waals surface area contributed by atoms with E-state index in [-0.39, 0.29) is 5.92 Å². The van der Waals surface area contributed by atoms with E-state index in [1.807, 2.05) is 30.1 Å². The van der Waals surface area contributed by atoms with Crippen molar-refractivity contribution in [3.63, 3.8) is 0 Å². The molecule has 2 aromatic rings. The first kappa shape index (κ1) is 14.2. The molecule has 0 aromatic carbocycles. The number of halogens is 1. The fraction of sp³-hybridized carbons (Fsp3) is 0.385. The number of carboxylic acid groups (broad SMARTS) is 1. The first-order valence-electron chi connectivity index (χ1n) is 6.57. The van der Waals surface area contributed by atoms with Crippen LogP contribution in [0, 0.1) is 0 Å². The van der Waals surface area contributed by atoms with Crippen molar-refractivity contribution in [1.29, 1.82) is 0 Å². The lowest BCUT2D eigenvalue weighted by Crippen LogP contribution is -2.26. The number of aromatic amines is 1. The molecule has 0 aliphatic carbocycles. The molecule has 112 valence electrons. The summed E-state index contributed by atoms with van der Waals surface area (Å²) in [6.07, 6.45) is -0.0518. The summed E-state index contributed by atoms with van der Waals surface area (Å²) >= 11 is 7.45. The molecular weight excluding hydrogens is 312 g/mol. The third-order valence-electron chi connectivity index (χ3n) is 3.71. The number of likely N-dealkylation sites (tertiary alicyclic amines) is 1. The standard InChI is InChI=1S/C13H15ClN4O2S/c1-17(12-3-2-10(14)21-12)11-6-9(15-16-11)8-4-5-18(7-8)13(19)20/h2-3,6,8H,4-5,7H2,1H3,(H,15,16)(H,19,20). The van der Waals surface area contributed by atoms with Gasteiger partial charge in [-0.25, -0.2) is 4.79 Å². The first-order valence-corrected chi connectivity index (χ1v) is 7.76. The molecule has 0 bridgehead atoms. The number of thiophene rings is 1. The van der Waals surface area contributed by atoms with Gasteiger partial charge in [-0.3, -0.25) is 5.10 Å². The Hall–Kier alpha value is -1.73. The second-order valence-electron chi connectivity index (χ2n) is 5.03. The number of nitrogens with zero attached hydrogens (tertiary/aromatic N) is 3. The van der Waals surface area contributed by atoms with E-state index in [1.165, 1.54) is 16.2 Å². The zero-order valence-electron chi connectivity index (χ0n) is 11.4. The van der Waals surface area contributed by atoms with E-state index in [1.54, 1.807) is 0 Å². The predicted octanol–water partition coefficient (Wildman–Crippen LogP) is 3.36. The van der Waals surface area contributed by atoms with E-state index in [4.69, 9.17) is 16.7 Å². The Kier molecular flexibility index (Phi) is 3.77. The highest BCUT2D eigenvalue weighted by molar-refractivity contribution is 7.20. The number of nitrogens with one attached hydrogen (secondary N) is 1. The van der Waals surface area contributed by atoms with Gasteiger partial charge in [0.05, 0.1) is 15.0 Å². The predicted molar refractivity (Wildman–Crippen MR) is 82.9 cm³/mol. The van der Waals surface area contributed by atoms with Crippen LogP contribution in [0.15, 0.2) is 18.2 Å². The van der Waals surface area contributed by atoms with Crippen molar-refractivity contribution < 1.29 is 9.90 Å². The molecule has 1 aliphatic heterocycles. The molecule has 1 atom stereocenters. The van der Waals surface area contributed by atoms with E-state index in [0.29, 0.717) is 13.1 Å². The van der Waals surface area contributed by atoms with Crippen LogP contribution in [0.5, 0.6) is 0 Å². The van der Waals surface area contributed by atoms with Crippen LogP contribution in [0.25, 0.3) is 0 Å². The van der Waals surface area contributed by atoms with Crippen molar-refractivity contribution in [2.45, 2.75) is 12.3 Å². The van der Waals surface area contributed by atoms with Crippen LogP contribution in [-0.2, 0) is 0 Å². The fourth-order valence-electron chi connectivity index (χ4n) is 2.49. The van der Waals surface area contributed by atoms with Crippen LogP contribution < -0.4 is 4.90 Å². The number of rotatable bonds is 3. The molecule has 1 amide bonds. The Balaban J connectivity index is 1.73. The topological polar surface area (TPSA) is 72.5 Å².